The Kier molecular flexibility index (Phi) is 7.83. The Hall–Kier alpha value is -2.49. The van der Waals surface area contributed by atoms with Gasteiger partial charge in [-0.25, -0.2) is 0 Å². The Balaban J connectivity index is 1.22. The van der Waals surface area contributed by atoms with Crippen LogP contribution in [-0.2, 0) is 19.1 Å². The molecule has 3 heterocycles. The molecule has 1 aliphatic carbocycles. The number of hydrogen-bond acceptors (Lipinski definition) is 7. The molecule has 1 aromatic carbocycles. The van der Waals surface area contributed by atoms with E-state index in [4.69, 9.17) is 9.47 Å². The Labute approximate surface area is 219 Å². The molecule has 4 fully saturated rings. The second-order valence-corrected chi connectivity index (χ2v) is 11.3. The molecule has 2 amide bonds. The van der Waals surface area contributed by atoms with Crippen molar-refractivity contribution in [1.82, 2.24) is 15.1 Å². The number of Topliss-reactive ketones (excluding diaryl/α,β-unsaturated/α-hetero) is 1. The molecule has 4 aliphatic rings. The van der Waals surface area contributed by atoms with Crippen molar-refractivity contribution in [1.29, 1.82) is 0 Å². The maximum Gasteiger partial charge on any atom is 0.251 e. The second-order valence-electron chi connectivity index (χ2n) is 11.3. The van der Waals surface area contributed by atoms with E-state index in [9.17, 15) is 14.4 Å². The van der Waals surface area contributed by atoms with Crippen molar-refractivity contribution in [2.45, 2.75) is 69.9 Å². The van der Waals surface area contributed by atoms with E-state index in [0.29, 0.717) is 12.0 Å². The first-order valence-electron chi connectivity index (χ1n) is 13.7. The van der Waals surface area contributed by atoms with E-state index < -0.39 is 18.2 Å². The summed E-state index contributed by atoms with van der Waals surface area (Å²) in [4.78, 5) is 45.8. The zero-order valence-electron chi connectivity index (χ0n) is 22.2. The summed E-state index contributed by atoms with van der Waals surface area (Å²) >= 11 is 0. The smallest absolute Gasteiger partial charge is 0.251 e. The minimum atomic E-state index is -0.726. The number of hydrogen-bond donors (Lipinski definition) is 1. The molecule has 1 saturated carbocycles. The second kappa shape index (κ2) is 11.1. The lowest BCUT2D eigenvalue weighted by atomic mass is 9.91. The predicted molar refractivity (Wildman–Crippen MR) is 140 cm³/mol. The maximum absolute atomic E-state index is 13.6. The molecule has 37 heavy (non-hydrogen) atoms. The Morgan fingerprint density at radius 3 is 2.41 bits per heavy atom. The van der Waals surface area contributed by atoms with E-state index in [-0.39, 0.29) is 42.8 Å². The standard InChI is InChI=1S/C28H40N4O5/c1-18(2)15-22(28(35)32-16-24(36-3)26-25(32)23(33)17-37-26)29-27(34)19-7-9-21(10-8-19)31-13-11-30(12-14-31)20-5-4-6-20/h7-10,18,20,22,24-26H,4-6,11-17H2,1-3H3,(H,29,34)/t22-,24+,25+,26+/m0/s1. The minimum absolute atomic E-state index is 0.0117. The molecule has 4 atom stereocenters. The van der Waals surface area contributed by atoms with Gasteiger partial charge in [0.05, 0.1) is 6.54 Å². The monoisotopic (exact) mass is 512 g/mol. The Bertz CT molecular complexity index is 987. The summed E-state index contributed by atoms with van der Waals surface area (Å²) in [7, 11) is 1.56. The fraction of sp³-hybridized carbons (Fsp3) is 0.679. The molecular formula is C28H40N4O5. The Morgan fingerprint density at radius 2 is 1.81 bits per heavy atom. The normalized spacial score (nSPS) is 27.4. The van der Waals surface area contributed by atoms with Gasteiger partial charge in [0.2, 0.25) is 5.91 Å². The summed E-state index contributed by atoms with van der Waals surface area (Å²) in [6.45, 7) is 8.46. The number of methoxy groups -OCH3 is 1. The summed E-state index contributed by atoms with van der Waals surface area (Å²) in [6, 6.07) is 7.07. The van der Waals surface area contributed by atoms with E-state index in [0.717, 1.165) is 37.9 Å². The van der Waals surface area contributed by atoms with Crippen LogP contribution in [-0.4, -0.2) is 104 Å². The number of nitrogens with zero attached hydrogens (tertiary/aromatic N) is 3. The van der Waals surface area contributed by atoms with E-state index in [1.807, 2.05) is 38.1 Å². The van der Waals surface area contributed by atoms with Crippen LogP contribution in [0.2, 0.25) is 0 Å². The van der Waals surface area contributed by atoms with Crippen LogP contribution in [0.1, 0.15) is 49.9 Å². The number of fused-ring (bicyclic) bond motifs is 1. The minimum Gasteiger partial charge on any atom is -0.377 e. The number of nitrogens with one attached hydrogen (secondary N) is 1. The molecule has 0 unspecified atom stereocenters. The van der Waals surface area contributed by atoms with Gasteiger partial charge >= 0.3 is 0 Å². The molecule has 9 nitrogen and oxygen atoms in total. The molecule has 3 saturated heterocycles. The number of carbonyl (C=O) groups is 3. The topological polar surface area (TPSA) is 91.4 Å². The summed E-state index contributed by atoms with van der Waals surface area (Å²) in [5.74, 6) is -0.469. The highest BCUT2D eigenvalue weighted by Crippen LogP contribution is 2.30. The van der Waals surface area contributed by atoms with E-state index in [1.165, 1.54) is 19.3 Å². The van der Waals surface area contributed by atoms with Gasteiger partial charge in [0.25, 0.3) is 5.91 Å². The van der Waals surface area contributed by atoms with Crippen LogP contribution in [0.5, 0.6) is 0 Å². The van der Waals surface area contributed by atoms with Gasteiger partial charge in [-0.3, -0.25) is 19.3 Å². The first-order valence-corrected chi connectivity index (χ1v) is 13.7. The number of rotatable bonds is 8. The van der Waals surface area contributed by atoms with Gasteiger partial charge in [-0.1, -0.05) is 20.3 Å². The Morgan fingerprint density at radius 1 is 1.11 bits per heavy atom. The quantitative estimate of drug-likeness (QED) is 0.567. The van der Waals surface area contributed by atoms with Gasteiger partial charge in [0.15, 0.2) is 5.78 Å². The van der Waals surface area contributed by atoms with Crippen LogP contribution >= 0.6 is 0 Å². The highest BCUT2D eigenvalue weighted by molar-refractivity contribution is 5.99. The highest BCUT2D eigenvalue weighted by atomic mass is 16.5. The molecule has 5 rings (SSSR count). The van der Waals surface area contributed by atoms with Gasteiger partial charge in [0.1, 0.15) is 30.9 Å². The molecule has 3 aliphatic heterocycles. The average Bonchev–Trinajstić information content (AvgIpc) is 3.43. The van der Waals surface area contributed by atoms with Crippen LogP contribution in [0.3, 0.4) is 0 Å². The van der Waals surface area contributed by atoms with E-state index in [1.54, 1.807) is 12.0 Å². The molecule has 0 spiro atoms. The zero-order chi connectivity index (χ0) is 26.1. The predicted octanol–water partition coefficient (Wildman–Crippen LogP) is 1.70. The van der Waals surface area contributed by atoms with Gasteiger partial charge in [0, 0.05) is 50.6 Å². The van der Waals surface area contributed by atoms with E-state index in [2.05, 4.69) is 15.1 Å². The van der Waals surface area contributed by atoms with Crippen molar-refractivity contribution < 1.29 is 23.9 Å². The number of carbonyl (C=O) groups excluding carboxylic acids is 3. The van der Waals surface area contributed by atoms with Gasteiger partial charge in [-0.2, -0.15) is 0 Å². The van der Waals surface area contributed by atoms with Crippen LogP contribution in [0.25, 0.3) is 0 Å². The van der Waals surface area contributed by atoms with Gasteiger partial charge in [-0.05, 0) is 49.4 Å². The van der Waals surface area contributed by atoms with Gasteiger partial charge < -0.3 is 24.6 Å². The number of benzene rings is 1. The first-order chi connectivity index (χ1) is 17.9. The molecule has 1 N–H and O–H groups in total. The average molecular weight is 513 g/mol. The number of anilines is 1. The van der Waals surface area contributed by atoms with Crippen molar-refractivity contribution in [2.75, 3.05) is 51.3 Å². The van der Waals surface area contributed by atoms with E-state index >= 15 is 0 Å². The van der Waals surface area contributed by atoms with Crippen molar-refractivity contribution in [2.24, 2.45) is 5.92 Å². The van der Waals surface area contributed by atoms with Crippen molar-refractivity contribution in [3.05, 3.63) is 29.8 Å². The third kappa shape index (κ3) is 5.40. The molecule has 1 aromatic rings. The van der Waals surface area contributed by atoms with Crippen LogP contribution < -0.4 is 10.2 Å². The molecule has 0 aromatic heterocycles. The molecule has 0 bridgehead atoms. The number of likely N-dealkylation sites (tertiary alicyclic amines) is 1. The number of amides is 2. The largest absolute Gasteiger partial charge is 0.377 e. The lowest BCUT2D eigenvalue weighted by Gasteiger charge is -2.43. The third-order valence-electron chi connectivity index (χ3n) is 8.43. The summed E-state index contributed by atoms with van der Waals surface area (Å²) in [5.41, 5.74) is 1.64. The maximum atomic E-state index is 13.6. The van der Waals surface area contributed by atoms with Crippen LogP contribution in [0.15, 0.2) is 24.3 Å². The third-order valence-corrected chi connectivity index (χ3v) is 8.43. The van der Waals surface area contributed by atoms with Crippen molar-refractivity contribution in [3.8, 4) is 0 Å². The summed E-state index contributed by atoms with van der Waals surface area (Å²) in [5, 5.41) is 2.96. The molecule has 202 valence electrons. The fourth-order valence-electron chi connectivity index (χ4n) is 6.10. The molecule has 0 radical (unpaired) electrons. The number of ketones is 1. The molecular weight excluding hydrogens is 472 g/mol. The lowest BCUT2D eigenvalue weighted by Crippen LogP contribution is -2.52. The SMILES string of the molecule is CO[C@@H]1CN(C(=O)[C@H](CC(C)C)NC(=O)c2ccc(N3CCN(C4CCC4)CC3)cc2)[C@@H]2C(=O)CO[C@@H]21. The highest BCUT2D eigenvalue weighted by Gasteiger charge is 2.53. The summed E-state index contributed by atoms with van der Waals surface area (Å²) < 4.78 is 11.1. The lowest BCUT2D eigenvalue weighted by molar-refractivity contribution is -0.138. The first kappa shape index (κ1) is 26.1. The van der Waals surface area contributed by atoms with Crippen molar-refractivity contribution in [3.63, 3.8) is 0 Å². The van der Waals surface area contributed by atoms with Crippen LogP contribution in [0, 0.1) is 5.92 Å². The summed E-state index contributed by atoms with van der Waals surface area (Å²) in [6.07, 6.45) is 3.71. The van der Waals surface area contributed by atoms with Gasteiger partial charge in [-0.15, -0.1) is 0 Å². The number of piperazine rings is 1. The molecule has 9 heteroatoms. The fourth-order valence-corrected chi connectivity index (χ4v) is 6.10. The van der Waals surface area contributed by atoms with Crippen LogP contribution in [0.4, 0.5) is 5.69 Å². The van der Waals surface area contributed by atoms with Crippen molar-refractivity contribution >= 4 is 23.3 Å². The number of ether oxygens (including phenoxy) is 2. The zero-order valence-corrected chi connectivity index (χ0v) is 22.2.